The minimum atomic E-state index is -0.315. The molecule has 38 heavy (non-hydrogen) atoms. The van der Waals surface area contributed by atoms with Crippen molar-refractivity contribution in [3.05, 3.63) is 71.3 Å². The second-order valence-electron chi connectivity index (χ2n) is 12.0. The number of carbonyl (C=O) groups is 1. The number of unbranched alkanes of at least 4 members (excludes halogenated alkanes) is 2. The van der Waals surface area contributed by atoms with Gasteiger partial charge in [-0.1, -0.05) is 68.8 Å². The van der Waals surface area contributed by atoms with E-state index < -0.39 is 0 Å². The van der Waals surface area contributed by atoms with Crippen LogP contribution in [0.3, 0.4) is 0 Å². The summed E-state index contributed by atoms with van der Waals surface area (Å²) in [5.41, 5.74) is 7.67. The number of ether oxygens (including phenoxy) is 1. The fourth-order valence-electron chi connectivity index (χ4n) is 6.82. The van der Waals surface area contributed by atoms with Gasteiger partial charge >= 0.3 is 5.97 Å². The molecule has 2 unspecified atom stereocenters. The molecule has 0 saturated heterocycles. The molecule has 3 heteroatoms. The molecule has 2 aromatic carbocycles. The lowest BCUT2D eigenvalue weighted by atomic mass is 9.67. The van der Waals surface area contributed by atoms with E-state index in [0.29, 0.717) is 24.5 Å². The van der Waals surface area contributed by atoms with Crippen LogP contribution in [0.1, 0.15) is 88.3 Å². The number of aliphatic hydroxyl groups excluding tert-OH is 1. The van der Waals surface area contributed by atoms with Crippen LogP contribution in [-0.2, 0) is 28.8 Å². The third-order valence-corrected chi connectivity index (χ3v) is 9.26. The van der Waals surface area contributed by atoms with Crippen molar-refractivity contribution in [2.75, 3.05) is 13.2 Å². The van der Waals surface area contributed by atoms with Crippen LogP contribution >= 0.6 is 0 Å². The van der Waals surface area contributed by atoms with Gasteiger partial charge in [0.2, 0.25) is 0 Å². The van der Waals surface area contributed by atoms with Crippen LogP contribution in [0.4, 0.5) is 0 Å². The number of rotatable bonds is 12. The average molecular weight is 517 g/mol. The van der Waals surface area contributed by atoms with Gasteiger partial charge in [-0.2, -0.15) is 0 Å². The number of hydrogen-bond acceptors (Lipinski definition) is 3. The van der Waals surface area contributed by atoms with E-state index in [9.17, 15) is 9.90 Å². The molecule has 1 N–H and O–H groups in total. The molecule has 2 atom stereocenters. The fourth-order valence-corrected chi connectivity index (χ4v) is 6.82. The normalized spacial score (nSPS) is 21.9. The molecule has 1 saturated carbocycles. The molecule has 0 spiro atoms. The van der Waals surface area contributed by atoms with E-state index in [0.717, 1.165) is 11.8 Å². The highest BCUT2D eigenvalue weighted by Gasteiger charge is 2.33. The Morgan fingerprint density at radius 2 is 1.71 bits per heavy atom. The first-order valence-electron chi connectivity index (χ1n) is 15.1. The molecule has 2 aliphatic carbocycles. The Balaban J connectivity index is 1.30. The van der Waals surface area contributed by atoms with E-state index in [1.165, 1.54) is 87.3 Å². The van der Waals surface area contributed by atoms with Crippen molar-refractivity contribution >= 4 is 5.97 Å². The van der Waals surface area contributed by atoms with E-state index in [1.807, 2.05) is 0 Å². The molecule has 1 fully saturated rings. The second kappa shape index (κ2) is 14.1. The minimum absolute atomic E-state index is 0.152. The maximum absolute atomic E-state index is 11.9. The number of benzene rings is 2. The molecule has 4 rings (SSSR count). The Bertz CT molecular complexity index is 1050. The maximum atomic E-state index is 11.9. The van der Waals surface area contributed by atoms with Crippen molar-refractivity contribution in [2.24, 2.45) is 23.7 Å². The van der Waals surface area contributed by atoms with Gasteiger partial charge in [-0.25, -0.2) is 4.79 Å². The van der Waals surface area contributed by atoms with Gasteiger partial charge < -0.3 is 9.84 Å². The van der Waals surface area contributed by atoms with Crippen molar-refractivity contribution in [3.8, 4) is 11.1 Å². The summed E-state index contributed by atoms with van der Waals surface area (Å²) in [6, 6.07) is 16.4. The Morgan fingerprint density at radius 1 is 0.974 bits per heavy atom. The van der Waals surface area contributed by atoms with Crippen LogP contribution in [0, 0.1) is 23.7 Å². The first-order chi connectivity index (χ1) is 18.5. The van der Waals surface area contributed by atoms with Gasteiger partial charge in [-0.15, -0.1) is 0 Å². The highest BCUT2D eigenvalue weighted by Crippen LogP contribution is 2.42. The lowest BCUT2D eigenvalue weighted by Gasteiger charge is -2.38. The minimum Gasteiger partial charge on any atom is -0.462 e. The molecule has 2 aliphatic rings. The van der Waals surface area contributed by atoms with Crippen LogP contribution in [0.5, 0.6) is 0 Å². The first-order valence-corrected chi connectivity index (χ1v) is 15.1. The first kappa shape index (κ1) is 28.6. The maximum Gasteiger partial charge on any atom is 0.333 e. The van der Waals surface area contributed by atoms with Gasteiger partial charge in [-0.3, -0.25) is 0 Å². The van der Waals surface area contributed by atoms with E-state index >= 15 is 0 Å². The Kier molecular flexibility index (Phi) is 10.6. The molecule has 0 aromatic heterocycles. The van der Waals surface area contributed by atoms with Crippen molar-refractivity contribution in [2.45, 2.75) is 90.9 Å². The molecule has 206 valence electrons. The van der Waals surface area contributed by atoms with Crippen LogP contribution < -0.4 is 0 Å². The summed E-state index contributed by atoms with van der Waals surface area (Å²) in [6.45, 7) is 8.18. The van der Waals surface area contributed by atoms with E-state index in [-0.39, 0.29) is 18.5 Å². The zero-order chi connectivity index (χ0) is 26.9. The number of hydrogen-bond donors (Lipinski definition) is 1. The number of carbonyl (C=O) groups excluding carboxylic acids is 1. The smallest absolute Gasteiger partial charge is 0.333 e. The molecule has 2 aromatic rings. The van der Waals surface area contributed by atoms with Crippen LogP contribution in [-0.4, -0.2) is 24.3 Å². The van der Waals surface area contributed by atoms with Crippen molar-refractivity contribution < 1.29 is 14.6 Å². The Hall–Kier alpha value is -2.39. The molecule has 0 amide bonds. The van der Waals surface area contributed by atoms with Crippen LogP contribution in [0.2, 0.25) is 0 Å². The summed E-state index contributed by atoms with van der Waals surface area (Å²) in [5.74, 6) is 2.03. The summed E-state index contributed by atoms with van der Waals surface area (Å²) in [4.78, 5) is 11.9. The third kappa shape index (κ3) is 7.59. The highest BCUT2D eigenvalue weighted by atomic mass is 16.5. The van der Waals surface area contributed by atoms with E-state index in [4.69, 9.17) is 4.74 Å². The topological polar surface area (TPSA) is 46.5 Å². The van der Waals surface area contributed by atoms with Crippen molar-refractivity contribution in [1.82, 2.24) is 0 Å². The summed E-state index contributed by atoms with van der Waals surface area (Å²) in [7, 11) is 0. The SMILES string of the molecule is C=C(C)C(=O)OCC(CCO)C1CCC(C2CCc3cc(-c4ccc(CCCCC)cc4)ccc3C2)CC1. The molecule has 0 aliphatic heterocycles. The molecular formula is C35H48O3. The van der Waals surface area contributed by atoms with Gasteiger partial charge in [-0.05, 0) is 123 Å². The third-order valence-electron chi connectivity index (χ3n) is 9.26. The molecule has 0 radical (unpaired) electrons. The highest BCUT2D eigenvalue weighted by molar-refractivity contribution is 5.86. The molecule has 0 heterocycles. The summed E-state index contributed by atoms with van der Waals surface area (Å²) >= 11 is 0. The van der Waals surface area contributed by atoms with Gasteiger partial charge in [0.05, 0.1) is 6.61 Å². The number of aryl methyl sites for hydroxylation is 2. The second-order valence-corrected chi connectivity index (χ2v) is 12.0. The van der Waals surface area contributed by atoms with Gasteiger partial charge in [0, 0.05) is 12.2 Å². The van der Waals surface area contributed by atoms with Gasteiger partial charge in [0.1, 0.15) is 0 Å². The monoisotopic (exact) mass is 516 g/mol. The number of esters is 1. The zero-order valence-electron chi connectivity index (χ0n) is 23.7. The van der Waals surface area contributed by atoms with E-state index in [1.54, 1.807) is 18.1 Å². The van der Waals surface area contributed by atoms with Crippen LogP contribution in [0.15, 0.2) is 54.6 Å². The van der Waals surface area contributed by atoms with Crippen molar-refractivity contribution in [3.63, 3.8) is 0 Å². The molecule has 0 bridgehead atoms. The standard InChI is InChI=1S/C35H48O3/c1-4-5-6-7-26-8-10-27(11-9-26)30-16-18-33-23-31(17-19-32(33)22-30)28-12-14-29(15-13-28)34(20-21-36)24-38-35(37)25(2)3/h8-11,16,18,22,28-29,31,34,36H,2,4-7,12-15,17,19-21,23-24H2,1,3H3. The van der Waals surface area contributed by atoms with Gasteiger partial charge in [0.15, 0.2) is 0 Å². The summed E-state index contributed by atoms with van der Waals surface area (Å²) in [5, 5.41) is 9.58. The van der Waals surface area contributed by atoms with E-state index in [2.05, 4.69) is 56.0 Å². The quantitative estimate of drug-likeness (QED) is 0.176. The van der Waals surface area contributed by atoms with Gasteiger partial charge in [0.25, 0.3) is 0 Å². The number of fused-ring (bicyclic) bond motifs is 1. The largest absolute Gasteiger partial charge is 0.462 e. The summed E-state index contributed by atoms with van der Waals surface area (Å²) < 4.78 is 5.47. The average Bonchev–Trinajstić information content (AvgIpc) is 2.95. The van der Waals surface area contributed by atoms with Crippen LogP contribution in [0.25, 0.3) is 11.1 Å². The molecule has 3 nitrogen and oxygen atoms in total. The predicted octanol–water partition coefficient (Wildman–Crippen LogP) is 8.12. The Morgan fingerprint density at radius 3 is 2.39 bits per heavy atom. The Labute approximate surface area is 230 Å². The molecular weight excluding hydrogens is 468 g/mol. The van der Waals surface area contributed by atoms with Crippen molar-refractivity contribution in [1.29, 1.82) is 0 Å². The lowest BCUT2D eigenvalue weighted by molar-refractivity contribution is -0.141. The predicted molar refractivity (Wildman–Crippen MR) is 157 cm³/mol. The fraction of sp³-hybridized carbons (Fsp3) is 0.571. The summed E-state index contributed by atoms with van der Waals surface area (Å²) in [6.07, 6.45) is 14.3. The number of aliphatic hydroxyl groups is 1. The lowest BCUT2D eigenvalue weighted by Crippen LogP contribution is -2.31. The zero-order valence-corrected chi connectivity index (χ0v) is 23.7.